The highest BCUT2D eigenvalue weighted by molar-refractivity contribution is 5.40. The van der Waals surface area contributed by atoms with Crippen LogP contribution in [-0.4, -0.2) is 25.3 Å². The van der Waals surface area contributed by atoms with Gasteiger partial charge in [-0.2, -0.15) is 10.1 Å². The van der Waals surface area contributed by atoms with Crippen molar-refractivity contribution in [2.45, 2.75) is 18.9 Å². The van der Waals surface area contributed by atoms with E-state index in [1.54, 1.807) is 0 Å². The lowest BCUT2D eigenvalue weighted by Crippen LogP contribution is -2.17. The van der Waals surface area contributed by atoms with Gasteiger partial charge in [-0.25, -0.2) is 4.98 Å². The molecule has 0 amide bonds. The van der Waals surface area contributed by atoms with Gasteiger partial charge in [-0.1, -0.05) is 42.4 Å². The molecule has 0 radical (unpaired) electrons. The Morgan fingerprint density at radius 1 is 1.25 bits per heavy atom. The summed E-state index contributed by atoms with van der Waals surface area (Å²) in [6, 6.07) is 9.62. The molecule has 2 unspecified atom stereocenters. The Balaban J connectivity index is 1.82. The van der Waals surface area contributed by atoms with Gasteiger partial charge < -0.3 is 10.3 Å². The summed E-state index contributed by atoms with van der Waals surface area (Å²) < 4.78 is 5.26. The van der Waals surface area contributed by atoms with Crippen LogP contribution in [0.2, 0.25) is 0 Å². The molecule has 0 saturated heterocycles. The van der Waals surface area contributed by atoms with E-state index in [2.05, 4.69) is 25.3 Å². The molecule has 2 heterocycles. The van der Waals surface area contributed by atoms with Crippen LogP contribution in [0.1, 0.15) is 30.3 Å². The molecule has 0 aliphatic rings. The highest BCUT2D eigenvalue weighted by atomic mass is 16.5. The quantitative estimate of drug-likeness (QED) is 0.746. The average molecular weight is 270 g/mol. The van der Waals surface area contributed by atoms with E-state index in [0.717, 1.165) is 5.56 Å². The fourth-order valence-corrected chi connectivity index (χ4v) is 1.95. The van der Waals surface area contributed by atoms with Crippen LogP contribution in [-0.2, 0) is 0 Å². The van der Waals surface area contributed by atoms with Gasteiger partial charge in [0.15, 0.2) is 5.82 Å². The zero-order valence-corrected chi connectivity index (χ0v) is 10.9. The minimum Gasteiger partial charge on any atom is -0.338 e. The molecule has 0 aliphatic carbocycles. The summed E-state index contributed by atoms with van der Waals surface area (Å²) in [6.07, 6.45) is 1.39. The van der Waals surface area contributed by atoms with Crippen molar-refractivity contribution in [3.63, 3.8) is 0 Å². The number of aromatic nitrogens is 5. The summed E-state index contributed by atoms with van der Waals surface area (Å²) in [5.74, 6) is 1.24. The molecule has 7 heteroatoms. The number of nitrogens with two attached hydrogens (primary N) is 1. The monoisotopic (exact) mass is 270 g/mol. The van der Waals surface area contributed by atoms with Crippen LogP contribution in [0.25, 0.3) is 11.6 Å². The molecule has 1 aromatic carbocycles. The van der Waals surface area contributed by atoms with Gasteiger partial charge in [0.05, 0.1) is 5.92 Å². The lowest BCUT2D eigenvalue weighted by Gasteiger charge is -2.16. The largest absolute Gasteiger partial charge is 0.338 e. The van der Waals surface area contributed by atoms with Crippen LogP contribution in [0.3, 0.4) is 0 Å². The van der Waals surface area contributed by atoms with E-state index in [1.807, 2.05) is 37.3 Å². The number of H-pyrrole nitrogens is 1. The van der Waals surface area contributed by atoms with E-state index in [1.165, 1.54) is 6.33 Å². The number of aromatic amines is 1. The van der Waals surface area contributed by atoms with Crippen molar-refractivity contribution in [3.05, 3.63) is 48.1 Å². The van der Waals surface area contributed by atoms with Gasteiger partial charge >= 0.3 is 0 Å². The Bertz CT molecular complexity index is 663. The zero-order chi connectivity index (χ0) is 13.9. The molecule has 0 spiro atoms. The molecular weight excluding hydrogens is 256 g/mol. The lowest BCUT2D eigenvalue weighted by atomic mass is 9.95. The number of nitrogens with zero attached hydrogens (tertiary/aromatic N) is 4. The Labute approximate surface area is 115 Å². The SMILES string of the molecule is CC(c1nc(-c2ncn[nH]2)no1)C(N)c1ccccc1. The van der Waals surface area contributed by atoms with Crippen molar-refractivity contribution in [2.75, 3.05) is 0 Å². The molecule has 2 aromatic heterocycles. The van der Waals surface area contributed by atoms with Crippen molar-refractivity contribution in [3.8, 4) is 11.6 Å². The van der Waals surface area contributed by atoms with Crippen LogP contribution >= 0.6 is 0 Å². The van der Waals surface area contributed by atoms with Gasteiger partial charge in [-0.05, 0) is 5.56 Å². The van der Waals surface area contributed by atoms with Crippen LogP contribution in [0, 0.1) is 0 Å². The minimum atomic E-state index is -0.209. The highest BCUT2D eigenvalue weighted by Crippen LogP contribution is 2.28. The third-order valence-corrected chi connectivity index (χ3v) is 3.18. The zero-order valence-electron chi connectivity index (χ0n) is 10.9. The lowest BCUT2D eigenvalue weighted by molar-refractivity contribution is 0.343. The molecular formula is C13H14N6O. The maximum atomic E-state index is 6.23. The minimum absolute atomic E-state index is 0.0958. The molecule has 0 fully saturated rings. The van der Waals surface area contributed by atoms with Gasteiger partial charge in [0, 0.05) is 6.04 Å². The number of nitrogens with one attached hydrogen (secondary N) is 1. The molecule has 2 atom stereocenters. The molecule has 0 aliphatic heterocycles. The first-order chi connectivity index (χ1) is 9.75. The Hall–Kier alpha value is -2.54. The second-order valence-electron chi connectivity index (χ2n) is 4.52. The number of hydrogen-bond acceptors (Lipinski definition) is 6. The first kappa shape index (κ1) is 12.5. The maximum absolute atomic E-state index is 6.23. The van der Waals surface area contributed by atoms with E-state index in [0.29, 0.717) is 17.5 Å². The second kappa shape index (κ2) is 5.22. The summed E-state index contributed by atoms with van der Waals surface area (Å²) in [6.45, 7) is 1.95. The number of rotatable bonds is 4. The standard InChI is InChI=1S/C13H14N6O/c1-8(10(14)9-5-3-2-4-6-9)13-17-12(19-20-13)11-15-7-16-18-11/h2-8,10H,14H2,1H3,(H,15,16,18). The van der Waals surface area contributed by atoms with Gasteiger partial charge in [0.1, 0.15) is 6.33 Å². The average Bonchev–Trinajstić information content (AvgIpc) is 3.17. The molecule has 102 valence electrons. The summed E-state index contributed by atoms with van der Waals surface area (Å²) in [5, 5.41) is 10.3. The second-order valence-corrected chi connectivity index (χ2v) is 4.52. The number of benzene rings is 1. The molecule has 3 aromatic rings. The third-order valence-electron chi connectivity index (χ3n) is 3.18. The topological polar surface area (TPSA) is 107 Å². The summed E-state index contributed by atoms with van der Waals surface area (Å²) in [5.41, 5.74) is 7.26. The van der Waals surface area contributed by atoms with Crippen LogP contribution in [0.15, 0.2) is 41.2 Å². The Kier molecular flexibility index (Phi) is 3.26. The van der Waals surface area contributed by atoms with Crippen molar-refractivity contribution in [2.24, 2.45) is 5.73 Å². The first-order valence-electron chi connectivity index (χ1n) is 6.25. The molecule has 3 rings (SSSR count). The Morgan fingerprint density at radius 2 is 2.05 bits per heavy atom. The predicted molar refractivity (Wildman–Crippen MR) is 71.5 cm³/mol. The first-order valence-corrected chi connectivity index (χ1v) is 6.25. The van der Waals surface area contributed by atoms with E-state index >= 15 is 0 Å². The van der Waals surface area contributed by atoms with Crippen LogP contribution in [0.5, 0.6) is 0 Å². The fourth-order valence-electron chi connectivity index (χ4n) is 1.95. The molecule has 3 N–H and O–H groups in total. The summed E-state index contributed by atoms with van der Waals surface area (Å²) >= 11 is 0. The van der Waals surface area contributed by atoms with Crippen molar-refractivity contribution < 1.29 is 4.52 Å². The van der Waals surface area contributed by atoms with Crippen LogP contribution in [0.4, 0.5) is 0 Å². The van der Waals surface area contributed by atoms with Gasteiger partial charge in [0.25, 0.3) is 0 Å². The van der Waals surface area contributed by atoms with Crippen molar-refractivity contribution >= 4 is 0 Å². The fraction of sp³-hybridized carbons (Fsp3) is 0.231. The summed E-state index contributed by atoms with van der Waals surface area (Å²) in [4.78, 5) is 8.29. The predicted octanol–water partition coefficient (Wildman–Crippen LogP) is 1.66. The van der Waals surface area contributed by atoms with Gasteiger partial charge in [-0.15, -0.1) is 0 Å². The third kappa shape index (κ3) is 2.30. The molecule has 0 saturated carbocycles. The smallest absolute Gasteiger partial charge is 0.239 e. The van der Waals surface area contributed by atoms with Gasteiger partial charge in [0.2, 0.25) is 11.7 Å². The molecule has 7 nitrogen and oxygen atoms in total. The Morgan fingerprint density at radius 3 is 2.75 bits per heavy atom. The maximum Gasteiger partial charge on any atom is 0.239 e. The summed E-state index contributed by atoms with van der Waals surface area (Å²) in [7, 11) is 0. The molecule has 20 heavy (non-hydrogen) atoms. The van der Waals surface area contributed by atoms with E-state index in [4.69, 9.17) is 10.3 Å². The van der Waals surface area contributed by atoms with Crippen LogP contribution < -0.4 is 5.73 Å². The molecule has 0 bridgehead atoms. The van der Waals surface area contributed by atoms with Gasteiger partial charge in [-0.3, -0.25) is 5.10 Å². The normalized spacial score (nSPS) is 14.1. The van der Waals surface area contributed by atoms with E-state index in [9.17, 15) is 0 Å². The van der Waals surface area contributed by atoms with Crippen molar-refractivity contribution in [1.29, 1.82) is 0 Å². The highest BCUT2D eigenvalue weighted by Gasteiger charge is 2.23. The van der Waals surface area contributed by atoms with E-state index in [-0.39, 0.29) is 12.0 Å². The van der Waals surface area contributed by atoms with Crippen molar-refractivity contribution in [1.82, 2.24) is 25.3 Å². The van der Waals surface area contributed by atoms with E-state index < -0.39 is 0 Å². The number of hydrogen-bond donors (Lipinski definition) is 2.